The van der Waals surface area contributed by atoms with Gasteiger partial charge in [0.25, 0.3) is 0 Å². The van der Waals surface area contributed by atoms with Crippen molar-refractivity contribution in [3.05, 3.63) is 33.2 Å². The van der Waals surface area contributed by atoms with E-state index in [1.165, 1.54) is 59.5 Å². The number of aliphatic hydroxyl groups is 2. The summed E-state index contributed by atoms with van der Waals surface area (Å²) in [5.74, 6) is 3.08. The van der Waals surface area contributed by atoms with Crippen LogP contribution in [-0.2, 0) is 103 Å². The summed E-state index contributed by atoms with van der Waals surface area (Å²) in [7, 11) is 1.76. The molecule has 1 aromatic heterocycles. The Hall–Kier alpha value is -2.09. The number of esters is 2. The van der Waals surface area contributed by atoms with Gasteiger partial charge in [0.2, 0.25) is 0 Å². The average Bonchev–Trinajstić information content (AvgIpc) is 1.57. The van der Waals surface area contributed by atoms with Crippen LogP contribution in [0.1, 0.15) is 162 Å². The van der Waals surface area contributed by atoms with Gasteiger partial charge in [0.1, 0.15) is 29.2 Å². The van der Waals surface area contributed by atoms with Gasteiger partial charge in [0, 0.05) is 104 Å². The van der Waals surface area contributed by atoms with E-state index >= 15 is 0 Å². The number of nitrogens with two attached hydrogens (primary N) is 1. The molecule has 0 amide bonds. The SMILES string of the molecule is C.C1CCOC1.CCOC(=O)CCN.CCOC(=O)Cn1nc(C(F)(F)F)c2c1C(=O)[C@@H]1C[C@H]21.CCOS(=O)(=O)OO.CO.COC1(C)C(=O)/C(=C(/C)[O-])[C@H]2C[C@H]21.COC1(C)C(=O)C[C@H]2C[C@H]21.COC1(C)C(O)C[C@H]2C[C@H]21.Cl.O=C1CC[C@H]2C[C@@H]12.[CH2-]I.[HH].[Li+].[V]. The molecule has 10 aliphatic carbocycles. The van der Waals surface area contributed by atoms with Crippen molar-refractivity contribution >= 4 is 80.5 Å². The molecule has 11 aliphatic rings. The number of ether oxygens (including phenoxy) is 6. The van der Waals surface area contributed by atoms with Crippen LogP contribution in [0.5, 0.6) is 0 Å². The van der Waals surface area contributed by atoms with Gasteiger partial charge in [-0.2, -0.15) is 26.7 Å². The van der Waals surface area contributed by atoms with Gasteiger partial charge in [0.15, 0.2) is 23.0 Å². The molecule has 12 rings (SSSR count). The number of ketones is 4. The first kappa shape index (κ1) is 89.0. The molecule has 511 valence electrons. The number of alkyl halides is 3. The van der Waals surface area contributed by atoms with Crippen LogP contribution in [0.4, 0.5) is 13.2 Å². The van der Waals surface area contributed by atoms with Crippen LogP contribution in [-0.4, -0.2) is 160 Å². The number of allylic oxidation sites excluding steroid dienone is 1. The van der Waals surface area contributed by atoms with Gasteiger partial charge >= 0.3 is 47.4 Å². The van der Waals surface area contributed by atoms with Crippen molar-refractivity contribution < 1.29 is 147 Å². The normalized spacial score (nSPS) is 31.3. The number of aromatic nitrogens is 2. The van der Waals surface area contributed by atoms with Gasteiger partial charge in [-0.1, -0.05) is 18.7 Å². The van der Waals surface area contributed by atoms with Crippen LogP contribution in [0.25, 0.3) is 0 Å². The Bertz CT molecular complexity index is 2580. The minimum Gasteiger partial charge on any atom is -0.875 e. The van der Waals surface area contributed by atoms with Crippen molar-refractivity contribution in [2.75, 3.05) is 68.0 Å². The van der Waals surface area contributed by atoms with Crippen molar-refractivity contribution in [2.45, 2.75) is 174 Å². The standard InChI is InChI=1S/C12H11F3N2O3.C10H14O3.C8H14O2.C8H12O2.C6H8O.C5H11NO2.C4H8O.C2H6O5S.CH2I.CH4O.CH4.ClH.Li.V.H2/c1-2-20-7(18)4-17-9-8(5-3-6(5)10(9)19)11(16-17)12(13,14)15;1-5(11)8-6-4-7(6)10(2,13-3)9(8)12;2*1-8(10-2)6-3-5(6)4-7(8)9;7-6-2-1-4-3-5(4)6;1-2-8-5(7)3-4-6;1-2-4-5-3-1;1-2-6-8(4,5)7-3;2*1-2;;;;;/h5-6H,2-4H2,1H3;6-7,11H,4H2,1-3H3;5-7,9H,3-4H2,1-2H3;5-6H,3-4H2,1-2H3;4-5H,1-3H2;2-4,6H2,1H3;1-4H2;3H,2H2,1H3;1H2;2H,1H3;1H4;1H;;;1H/q;;;;;;;;-1;;;;+1;;/p-1/b;8-5-;;;;;;;;;;;;;/t5-,6+;6-,7+,10?;5-,6-,7?,8?;5-,6-,8?;4-,5+;;;;;;;;;;/m00110........../s1. The molecule has 2 heterocycles. The van der Waals surface area contributed by atoms with Crippen molar-refractivity contribution in [3.63, 3.8) is 0 Å². The maximum absolute atomic E-state index is 13.0. The molecule has 31 heteroatoms. The van der Waals surface area contributed by atoms with E-state index in [0.717, 1.165) is 62.5 Å². The summed E-state index contributed by atoms with van der Waals surface area (Å²) in [6.45, 7) is 14.4. The molecular weight excluding hydrogens is 1370 g/mol. The third kappa shape index (κ3) is 23.4. The maximum Gasteiger partial charge on any atom is 1.00 e. The van der Waals surface area contributed by atoms with E-state index in [-0.39, 0.29) is 142 Å². The van der Waals surface area contributed by atoms with Gasteiger partial charge in [-0.05, 0) is 146 Å². The fourth-order valence-corrected chi connectivity index (χ4v) is 12.3. The van der Waals surface area contributed by atoms with Crippen LogP contribution < -0.4 is 29.7 Å². The number of rotatable bonds is 12. The van der Waals surface area contributed by atoms with E-state index < -0.39 is 46.0 Å². The topological polar surface area (TPSA) is 338 Å². The number of carbonyl (C=O) groups excluding carboxylic acids is 6. The third-order valence-electron chi connectivity index (χ3n) is 17.2. The Labute approximate surface area is 567 Å². The fraction of sp³-hybridized carbons (Fsp3) is 0.793. The van der Waals surface area contributed by atoms with E-state index in [0.29, 0.717) is 66.8 Å². The monoisotopic (exact) mass is 1460 g/mol. The first-order chi connectivity index (χ1) is 40.0. The molecule has 10 fully saturated rings. The molecule has 1 radical (unpaired) electrons. The number of hydrogen-bond donors (Lipinski definition) is 4. The Morgan fingerprint density at radius 1 is 0.831 bits per heavy atom. The van der Waals surface area contributed by atoms with Crippen molar-refractivity contribution in [1.29, 1.82) is 0 Å². The number of methoxy groups -OCH3 is 3. The molecule has 0 spiro atoms. The molecule has 5 N–H and O–H groups in total. The Balaban J connectivity index is -0.000000974. The first-order valence-corrected chi connectivity index (χ1v) is 31.5. The number of nitrogens with zero attached hydrogens (tertiary/aromatic N) is 2. The zero-order valence-electron chi connectivity index (χ0n) is 52.5. The smallest absolute Gasteiger partial charge is 0.875 e. The third-order valence-corrected chi connectivity index (χ3v) is 17.9. The minimum atomic E-state index is -4.62. The summed E-state index contributed by atoms with van der Waals surface area (Å²) in [4.78, 5) is 70.5. The molecule has 0 aromatic carbocycles. The van der Waals surface area contributed by atoms with E-state index in [4.69, 9.17) is 35.0 Å². The fourth-order valence-electron chi connectivity index (χ4n) is 11.9. The van der Waals surface area contributed by atoms with Crippen LogP contribution in [0, 0.1) is 58.2 Å². The van der Waals surface area contributed by atoms with E-state index in [9.17, 15) is 60.6 Å². The summed E-state index contributed by atoms with van der Waals surface area (Å²) in [5.41, 5.74) is 3.03. The Morgan fingerprint density at radius 2 is 1.39 bits per heavy atom. The molecule has 1 aliphatic heterocycles. The molecule has 9 saturated carbocycles. The second-order valence-corrected chi connectivity index (χ2v) is 23.6. The van der Waals surface area contributed by atoms with Gasteiger partial charge in [0.05, 0.1) is 37.9 Å². The Kier molecular flexibility index (Phi) is 39.7. The van der Waals surface area contributed by atoms with E-state index in [1.54, 1.807) is 35.0 Å². The zero-order valence-corrected chi connectivity index (χ0v) is 57.7. The number of aliphatic hydroxyl groups excluding tert-OH is 2. The van der Waals surface area contributed by atoms with Gasteiger partial charge in [-0.3, -0.25) is 33.7 Å². The largest absolute Gasteiger partial charge is 1.00 e. The van der Waals surface area contributed by atoms with Gasteiger partial charge in [-0.25, -0.2) is 14.1 Å². The Morgan fingerprint density at radius 3 is 1.71 bits per heavy atom. The molecule has 14 atom stereocenters. The van der Waals surface area contributed by atoms with Crippen molar-refractivity contribution in [2.24, 2.45) is 59.0 Å². The average molecular weight is 1460 g/mol. The second-order valence-electron chi connectivity index (χ2n) is 22.4. The molecule has 1 aromatic rings. The summed E-state index contributed by atoms with van der Waals surface area (Å²) in [6.07, 6.45) is 6.90. The quantitative estimate of drug-likeness (QED) is 0.0330. The summed E-state index contributed by atoms with van der Waals surface area (Å²) in [6, 6.07) is 0. The molecule has 4 unspecified atom stereocenters. The number of carbonyl (C=O) groups is 6. The molecule has 0 bridgehead atoms. The van der Waals surface area contributed by atoms with Crippen LogP contribution in [0.2, 0.25) is 0 Å². The molecular formula is C58H96ClF3ILiN3O20SV-. The molecule has 89 heavy (non-hydrogen) atoms. The minimum absolute atomic E-state index is 0. The molecule has 1 saturated heterocycles. The number of fused-ring (bicyclic) bond motifs is 7. The predicted octanol–water partition coefficient (Wildman–Crippen LogP) is 4.37. The van der Waals surface area contributed by atoms with Crippen LogP contribution in [0.15, 0.2) is 11.3 Å². The van der Waals surface area contributed by atoms with Crippen molar-refractivity contribution in [3.8, 4) is 0 Å². The van der Waals surface area contributed by atoms with E-state index in [1.807, 2.05) is 36.4 Å². The molecule has 23 nitrogen and oxygen atoms in total. The maximum atomic E-state index is 13.0. The summed E-state index contributed by atoms with van der Waals surface area (Å²) >= 11 is 1.90. The zero-order chi connectivity index (χ0) is 64.6. The van der Waals surface area contributed by atoms with E-state index in [2.05, 4.69) is 28.0 Å². The second kappa shape index (κ2) is 39.7. The summed E-state index contributed by atoms with van der Waals surface area (Å²) in [5, 5.41) is 38.6. The first-order valence-electron chi connectivity index (χ1n) is 28.6. The number of Topliss-reactive ketones (excluding diaryl/α,β-unsaturated/α-hetero) is 4. The van der Waals surface area contributed by atoms with Gasteiger partial charge < -0.3 is 72.1 Å². The number of halogens is 5. The number of hydrogen-bond acceptors (Lipinski definition) is 22. The predicted molar refractivity (Wildman–Crippen MR) is 322 cm³/mol. The van der Waals surface area contributed by atoms with Crippen LogP contribution in [0.3, 0.4) is 0 Å². The van der Waals surface area contributed by atoms with Crippen molar-refractivity contribution in [1.82, 2.24) is 9.78 Å². The summed E-state index contributed by atoms with van der Waals surface area (Å²) < 4.78 is 96.3. The van der Waals surface area contributed by atoms with Crippen LogP contribution >= 0.6 is 35.0 Å². The van der Waals surface area contributed by atoms with Gasteiger partial charge in [-0.15, -0.1) is 18.2 Å².